The molecule has 0 aliphatic carbocycles. The molecule has 0 aliphatic rings. The number of halogens is 1. The van der Waals surface area contributed by atoms with Gasteiger partial charge in [0.25, 0.3) is 5.91 Å². The van der Waals surface area contributed by atoms with Gasteiger partial charge in [0, 0.05) is 0 Å². The molecule has 1 aromatic carbocycles. The van der Waals surface area contributed by atoms with E-state index in [1.165, 1.54) is 5.56 Å². The smallest absolute Gasteiger partial charge is 0.277 e. The van der Waals surface area contributed by atoms with Crippen molar-refractivity contribution in [1.82, 2.24) is 25.0 Å². The van der Waals surface area contributed by atoms with Gasteiger partial charge in [-0.1, -0.05) is 24.3 Å². The topological polar surface area (TPSA) is 88.5 Å². The van der Waals surface area contributed by atoms with Gasteiger partial charge in [0.05, 0.1) is 16.3 Å². The summed E-state index contributed by atoms with van der Waals surface area (Å²) in [6, 6.07) is 8.08. The third-order valence-corrected chi connectivity index (χ3v) is 3.99. The number of nitrogens with zero attached hydrogens (tertiary/aromatic N) is 4. The molecule has 22 heavy (non-hydrogen) atoms. The highest BCUT2D eigenvalue weighted by molar-refractivity contribution is 14.1. The second-order valence-electron chi connectivity index (χ2n) is 4.74. The van der Waals surface area contributed by atoms with Gasteiger partial charge in [-0.05, 0) is 40.6 Å². The van der Waals surface area contributed by atoms with Gasteiger partial charge in [-0.25, -0.2) is 9.67 Å². The highest BCUT2D eigenvalue weighted by atomic mass is 127. The van der Waals surface area contributed by atoms with Gasteiger partial charge in [0.2, 0.25) is 5.95 Å². The Morgan fingerprint density at radius 1 is 1.41 bits per heavy atom. The molecule has 0 fully saturated rings. The first-order valence-electron chi connectivity index (χ1n) is 6.57. The summed E-state index contributed by atoms with van der Waals surface area (Å²) in [5, 5.41) is 13.4. The van der Waals surface area contributed by atoms with Crippen molar-refractivity contribution in [2.75, 3.05) is 5.32 Å². The predicted molar refractivity (Wildman–Crippen MR) is 89.6 cm³/mol. The van der Waals surface area contributed by atoms with Crippen LogP contribution in [0.25, 0.3) is 0 Å². The van der Waals surface area contributed by atoms with Crippen LogP contribution in [0.15, 0.2) is 36.8 Å². The van der Waals surface area contributed by atoms with Gasteiger partial charge in [0.1, 0.15) is 12.0 Å². The predicted octanol–water partition coefficient (Wildman–Crippen LogP) is 2.21. The lowest BCUT2D eigenvalue weighted by Crippen LogP contribution is -2.15. The number of nitrogens with one attached hydrogen (secondary N) is 2. The molecule has 0 saturated heterocycles. The lowest BCUT2D eigenvalue weighted by atomic mass is 10.1. The fourth-order valence-corrected chi connectivity index (χ4v) is 2.49. The van der Waals surface area contributed by atoms with E-state index in [9.17, 15) is 4.79 Å². The standard InChI is InChI=1S/C14H13IN6O/c1-9-4-2-3-5-10(9)7-21-8-16-14(20-21)18-13(22)12-11(15)6-17-19-12/h2-6,8H,7H2,1H3,(H,17,19)(H,18,20,22). The van der Waals surface area contributed by atoms with Gasteiger partial charge in [-0.15, -0.1) is 5.10 Å². The number of hydrogen-bond acceptors (Lipinski definition) is 4. The van der Waals surface area contributed by atoms with E-state index in [4.69, 9.17) is 0 Å². The maximum absolute atomic E-state index is 12.0. The number of anilines is 1. The Labute approximate surface area is 140 Å². The van der Waals surface area contributed by atoms with Crippen molar-refractivity contribution in [3.63, 3.8) is 0 Å². The zero-order chi connectivity index (χ0) is 15.5. The monoisotopic (exact) mass is 408 g/mol. The molecule has 0 radical (unpaired) electrons. The van der Waals surface area contributed by atoms with E-state index in [0.717, 1.165) is 9.13 Å². The first-order valence-corrected chi connectivity index (χ1v) is 7.65. The summed E-state index contributed by atoms with van der Waals surface area (Å²) >= 11 is 2.04. The van der Waals surface area contributed by atoms with E-state index >= 15 is 0 Å². The van der Waals surface area contributed by atoms with Crippen LogP contribution >= 0.6 is 22.6 Å². The average Bonchev–Trinajstić information content (AvgIpc) is 3.10. The van der Waals surface area contributed by atoms with Gasteiger partial charge in [-0.2, -0.15) is 5.10 Å². The van der Waals surface area contributed by atoms with Crippen molar-refractivity contribution in [2.24, 2.45) is 0 Å². The van der Waals surface area contributed by atoms with Crippen LogP contribution in [0.3, 0.4) is 0 Å². The Morgan fingerprint density at radius 3 is 2.95 bits per heavy atom. The van der Waals surface area contributed by atoms with Crippen molar-refractivity contribution in [2.45, 2.75) is 13.5 Å². The van der Waals surface area contributed by atoms with Gasteiger partial charge >= 0.3 is 0 Å². The first kappa shape index (κ1) is 14.7. The largest absolute Gasteiger partial charge is 0.288 e. The molecule has 2 aromatic heterocycles. The van der Waals surface area contributed by atoms with Gasteiger partial charge < -0.3 is 0 Å². The maximum Gasteiger partial charge on any atom is 0.277 e. The minimum Gasteiger partial charge on any atom is -0.288 e. The van der Waals surface area contributed by atoms with E-state index in [-0.39, 0.29) is 11.9 Å². The van der Waals surface area contributed by atoms with Crippen molar-refractivity contribution < 1.29 is 4.79 Å². The number of hydrogen-bond donors (Lipinski definition) is 2. The van der Waals surface area contributed by atoms with E-state index in [1.54, 1.807) is 17.2 Å². The minimum atomic E-state index is -0.310. The van der Waals surface area contributed by atoms with E-state index < -0.39 is 0 Å². The summed E-state index contributed by atoms with van der Waals surface area (Å²) in [5.74, 6) is -0.0421. The third-order valence-electron chi connectivity index (χ3n) is 3.18. The Morgan fingerprint density at radius 2 is 2.23 bits per heavy atom. The molecule has 112 valence electrons. The van der Waals surface area contributed by atoms with E-state index in [1.807, 2.05) is 40.8 Å². The molecule has 0 aliphatic heterocycles. The van der Waals surface area contributed by atoms with Crippen molar-refractivity contribution in [3.05, 3.63) is 57.2 Å². The number of aromatic amines is 1. The van der Waals surface area contributed by atoms with E-state index in [2.05, 4.69) is 38.6 Å². The highest BCUT2D eigenvalue weighted by Crippen LogP contribution is 2.11. The molecule has 0 spiro atoms. The average molecular weight is 408 g/mol. The number of H-pyrrole nitrogens is 1. The lowest BCUT2D eigenvalue weighted by Gasteiger charge is -2.04. The molecule has 0 bridgehead atoms. The number of aromatic nitrogens is 5. The number of amides is 1. The van der Waals surface area contributed by atoms with Crippen LogP contribution < -0.4 is 5.32 Å². The number of aryl methyl sites for hydroxylation is 1. The SMILES string of the molecule is Cc1ccccc1Cn1cnc(NC(=O)c2[nH]ncc2I)n1. The minimum absolute atomic E-state index is 0.268. The van der Waals surface area contributed by atoms with Gasteiger partial charge in [-0.3, -0.25) is 15.2 Å². The third kappa shape index (κ3) is 3.16. The molecule has 2 N–H and O–H groups in total. The molecule has 2 heterocycles. The van der Waals surface area contributed by atoms with Crippen LogP contribution in [0.1, 0.15) is 21.6 Å². The van der Waals surface area contributed by atoms with Crippen LogP contribution in [-0.2, 0) is 6.54 Å². The van der Waals surface area contributed by atoms with Crippen molar-refractivity contribution >= 4 is 34.4 Å². The van der Waals surface area contributed by atoms with Gasteiger partial charge in [0.15, 0.2) is 0 Å². The number of carbonyl (C=O) groups excluding carboxylic acids is 1. The highest BCUT2D eigenvalue weighted by Gasteiger charge is 2.14. The van der Waals surface area contributed by atoms with Crippen LogP contribution in [0.4, 0.5) is 5.95 Å². The molecular formula is C14H13IN6O. The Balaban J connectivity index is 1.70. The number of benzene rings is 1. The lowest BCUT2D eigenvalue weighted by molar-refractivity contribution is 0.102. The van der Waals surface area contributed by atoms with Crippen LogP contribution in [0.5, 0.6) is 0 Å². The second kappa shape index (κ2) is 6.26. The Hall–Kier alpha value is -2.23. The molecule has 3 aromatic rings. The molecule has 1 amide bonds. The summed E-state index contributed by atoms with van der Waals surface area (Å²) in [5.41, 5.74) is 2.75. The van der Waals surface area contributed by atoms with Crippen molar-refractivity contribution in [1.29, 1.82) is 0 Å². The molecule has 0 unspecified atom stereocenters. The maximum atomic E-state index is 12.0. The Kier molecular flexibility index (Phi) is 4.18. The van der Waals surface area contributed by atoms with Crippen LogP contribution in [0, 0.1) is 10.5 Å². The molecule has 0 saturated carbocycles. The zero-order valence-corrected chi connectivity index (χ0v) is 13.9. The summed E-state index contributed by atoms with van der Waals surface area (Å²) in [4.78, 5) is 16.1. The zero-order valence-electron chi connectivity index (χ0n) is 11.7. The quantitative estimate of drug-likeness (QED) is 0.648. The van der Waals surface area contributed by atoms with Crippen LogP contribution in [-0.4, -0.2) is 30.9 Å². The number of carbonyl (C=O) groups is 1. The fraction of sp³-hybridized carbons (Fsp3) is 0.143. The second-order valence-corrected chi connectivity index (χ2v) is 5.90. The molecule has 0 atom stereocenters. The molecular weight excluding hydrogens is 395 g/mol. The molecule has 8 heteroatoms. The summed E-state index contributed by atoms with van der Waals surface area (Å²) < 4.78 is 2.44. The summed E-state index contributed by atoms with van der Waals surface area (Å²) in [6.07, 6.45) is 3.18. The summed E-state index contributed by atoms with van der Waals surface area (Å²) in [7, 11) is 0. The molecule has 7 nitrogen and oxygen atoms in total. The van der Waals surface area contributed by atoms with Crippen LogP contribution in [0.2, 0.25) is 0 Å². The fourth-order valence-electron chi connectivity index (χ4n) is 1.98. The first-order chi connectivity index (χ1) is 10.6. The Bertz CT molecular complexity index is 809. The number of rotatable bonds is 4. The molecule has 3 rings (SSSR count). The normalized spacial score (nSPS) is 10.6. The van der Waals surface area contributed by atoms with E-state index in [0.29, 0.717) is 12.2 Å². The summed E-state index contributed by atoms with van der Waals surface area (Å²) in [6.45, 7) is 2.66. The van der Waals surface area contributed by atoms with Crippen molar-refractivity contribution in [3.8, 4) is 0 Å².